The highest BCUT2D eigenvalue weighted by atomic mass is 19.4. The number of carbonyl (C=O) groups excluding carboxylic acids is 1. The number of aromatic amines is 1. The molecule has 28 heavy (non-hydrogen) atoms. The molecule has 3 saturated heterocycles. The van der Waals surface area contributed by atoms with E-state index >= 15 is 0 Å². The first-order chi connectivity index (χ1) is 13.3. The van der Waals surface area contributed by atoms with Gasteiger partial charge in [-0.1, -0.05) is 0 Å². The standard InChI is InChI=1S/C20H23F3N4O/c1-13-18(25-12-24-13)11-26-8-14-2-7-17(10-26)27(9-14)19(28)15-3-5-16(6-4-15)20(21,22)23/h3-6,12,14,17H,2,7-11H2,1H3,(H,24,25)/t14-,17+/m1/s1. The minimum Gasteiger partial charge on any atom is -0.348 e. The molecule has 8 heteroatoms. The number of hydrogen-bond donors (Lipinski definition) is 1. The van der Waals surface area contributed by atoms with E-state index in [0.29, 0.717) is 18.0 Å². The summed E-state index contributed by atoms with van der Waals surface area (Å²) >= 11 is 0. The van der Waals surface area contributed by atoms with E-state index < -0.39 is 11.7 Å². The van der Waals surface area contributed by atoms with Gasteiger partial charge in [-0.3, -0.25) is 9.69 Å². The highest BCUT2D eigenvalue weighted by molar-refractivity contribution is 5.94. The molecule has 3 aliphatic rings. The zero-order chi connectivity index (χ0) is 19.9. The fourth-order valence-corrected chi connectivity index (χ4v) is 4.28. The Bertz CT molecular complexity index is 846. The van der Waals surface area contributed by atoms with E-state index in [0.717, 1.165) is 56.0 Å². The molecule has 3 fully saturated rings. The summed E-state index contributed by atoms with van der Waals surface area (Å²) in [5.74, 6) is 0.192. The summed E-state index contributed by atoms with van der Waals surface area (Å²) in [6.45, 7) is 5.05. The van der Waals surface area contributed by atoms with Crippen LogP contribution in [-0.2, 0) is 12.7 Å². The Kier molecular flexibility index (Phi) is 4.91. The van der Waals surface area contributed by atoms with Gasteiger partial charge in [-0.2, -0.15) is 13.2 Å². The molecular weight excluding hydrogens is 369 g/mol. The van der Waals surface area contributed by atoms with Gasteiger partial charge in [0.05, 0.1) is 17.6 Å². The van der Waals surface area contributed by atoms with Crippen molar-refractivity contribution in [3.8, 4) is 0 Å². The number of benzene rings is 1. The zero-order valence-corrected chi connectivity index (χ0v) is 15.7. The number of nitrogens with one attached hydrogen (secondary N) is 1. The van der Waals surface area contributed by atoms with Crippen molar-refractivity contribution >= 4 is 5.91 Å². The largest absolute Gasteiger partial charge is 0.416 e. The van der Waals surface area contributed by atoms with Crippen molar-refractivity contribution in [2.75, 3.05) is 19.6 Å². The van der Waals surface area contributed by atoms with Crippen LogP contribution in [0.4, 0.5) is 13.2 Å². The lowest BCUT2D eigenvalue weighted by atomic mass is 9.94. The van der Waals surface area contributed by atoms with Crippen molar-refractivity contribution in [1.82, 2.24) is 19.8 Å². The van der Waals surface area contributed by atoms with Crippen molar-refractivity contribution in [3.63, 3.8) is 0 Å². The molecule has 2 atom stereocenters. The maximum Gasteiger partial charge on any atom is 0.416 e. The molecule has 1 aromatic heterocycles. The predicted octanol–water partition coefficient (Wildman–Crippen LogP) is 3.47. The first-order valence-corrected chi connectivity index (χ1v) is 9.50. The topological polar surface area (TPSA) is 52.2 Å². The van der Waals surface area contributed by atoms with Gasteiger partial charge in [-0.15, -0.1) is 0 Å². The number of rotatable bonds is 3. The molecule has 0 saturated carbocycles. The van der Waals surface area contributed by atoms with Crippen LogP contribution in [0.15, 0.2) is 30.6 Å². The van der Waals surface area contributed by atoms with Crippen LogP contribution in [-0.4, -0.2) is 51.4 Å². The van der Waals surface area contributed by atoms with E-state index in [2.05, 4.69) is 14.9 Å². The number of piperidine rings is 1. The van der Waals surface area contributed by atoms with Gasteiger partial charge in [0.25, 0.3) is 5.91 Å². The van der Waals surface area contributed by atoms with Crippen LogP contribution in [0.1, 0.15) is 40.2 Å². The summed E-state index contributed by atoms with van der Waals surface area (Å²) in [6.07, 6.45) is -0.712. The summed E-state index contributed by atoms with van der Waals surface area (Å²) in [5, 5.41) is 0. The zero-order valence-electron chi connectivity index (χ0n) is 15.7. The maximum absolute atomic E-state index is 13.0. The van der Waals surface area contributed by atoms with Gasteiger partial charge in [0, 0.05) is 43.5 Å². The number of imidazole rings is 1. The number of aromatic nitrogens is 2. The third-order valence-corrected chi connectivity index (χ3v) is 5.82. The van der Waals surface area contributed by atoms with E-state index in [-0.39, 0.29) is 11.9 Å². The minimum atomic E-state index is -4.39. The molecule has 0 radical (unpaired) electrons. The molecule has 0 unspecified atom stereocenters. The van der Waals surface area contributed by atoms with Crippen LogP contribution in [0.25, 0.3) is 0 Å². The number of amides is 1. The van der Waals surface area contributed by atoms with Crippen molar-refractivity contribution in [2.45, 2.75) is 38.5 Å². The number of carbonyl (C=O) groups is 1. The second kappa shape index (κ2) is 7.24. The summed E-state index contributed by atoms with van der Waals surface area (Å²) in [5.41, 5.74) is 1.65. The van der Waals surface area contributed by atoms with Crippen LogP contribution in [0, 0.1) is 12.8 Å². The molecule has 5 nitrogen and oxygen atoms in total. The molecule has 3 aliphatic heterocycles. The van der Waals surface area contributed by atoms with E-state index in [4.69, 9.17) is 0 Å². The molecule has 1 amide bonds. The molecule has 1 N–H and O–H groups in total. The van der Waals surface area contributed by atoms with Crippen molar-refractivity contribution in [1.29, 1.82) is 0 Å². The van der Waals surface area contributed by atoms with Gasteiger partial charge >= 0.3 is 6.18 Å². The van der Waals surface area contributed by atoms with Gasteiger partial charge in [0.1, 0.15) is 0 Å². The maximum atomic E-state index is 13.0. The monoisotopic (exact) mass is 392 g/mol. The van der Waals surface area contributed by atoms with Crippen molar-refractivity contribution < 1.29 is 18.0 Å². The predicted molar refractivity (Wildman–Crippen MR) is 97.6 cm³/mol. The second-order valence-electron chi connectivity index (χ2n) is 7.80. The first-order valence-electron chi connectivity index (χ1n) is 9.50. The number of nitrogens with zero attached hydrogens (tertiary/aromatic N) is 3. The minimum absolute atomic E-state index is 0.0767. The Hall–Kier alpha value is -2.35. The van der Waals surface area contributed by atoms with Crippen LogP contribution >= 0.6 is 0 Å². The van der Waals surface area contributed by atoms with Gasteiger partial charge < -0.3 is 9.88 Å². The second-order valence-corrected chi connectivity index (χ2v) is 7.80. The average Bonchev–Trinajstić information content (AvgIpc) is 2.87. The lowest BCUT2D eigenvalue weighted by Crippen LogP contribution is -2.47. The summed E-state index contributed by atoms with van der Waals surface area (Å²) in [4.78, 5) is 24.6. The summed E-state index contributed by atoms with van der Waals surface area (Å²) in [7, 11) is 0. The van der Waals surface area contributed by atoms with E-state index in [1.54, 1.807) is 6.33 Å². The van der Waals surface area contributed by atoms with Crippen LogP contribution in [0.5, 0.6) is 0 Å². The number of halogens is 3. The molecular formula is C20H23F3N4O. The van der Waals surface area contributed by atoms with Crippen LogP contribution < -0.4 is 0 Å². The van der Waals surface area contributed by atoms with Crippen LogP contribution in [0.2, 0.25) is 0 Å². The van der Waals surface area contributed by atoms with Gasteiger partial charge in [0.2, 0.25) is 0 Å². The lowest BCUT2D eigenvalue weighted by molar-refractivity contribution is -0.137. The average molecular weight is 392 g/mol. The van der Waals surface area contributed by atoms with E-state index in [1.165, 1.54) is 12.1 Å². The molecule has 4 heterocycles. The third-order valence-electron chi connectivity index (χ3n) is 5.82. The van der Waals surface area contributed by atoms with Gasteiger partial charge in [-0.05, 0) is 49.9 Å². The van der Waals surface area contributed by atoms with Crippen molar-refractivity contribution in [2.24, 2.45) is 5.92 Å². The molecule has 5 rings (SSSR count). The molecule has 0 spiro atoms. The summed E-state index contributed by atoms with van der Waals surface area (Å²) < 4.78 is 38.3. The number of aryl methyl sites for hydroxylation is 1. The highest BCUT2D eigenvalue weighted by Gasteiger charge is 2.38. The Morgan fingerprint density at radius 3 is 2.57 bits per heavy atom. The quantitative estimate of drug-likeness (QED) is 0.870. The third kappa shape index (κ3) is 3.78. The molecule has 2 bridgehead atoms. The van der Waals surface area contributed by atoms with Gasteiger partial charge in [-0.25, -0.2) is 4.98 Å². The Morgan fingerprint density at radius 2 is 1.93 bits per heavy atom. The van der Waals surface area contributed by atoms with Crippen LogP contribution in [0.3, 0.4) is 0 Å². The Morgan fingerprint density at radius 1 is 1.18 bits per heavy atom. The SMILES string of the molecule is Cc1[nH]cnc1CN1C[C@H]2CC[C@@H](C1)N(C(=O)c1ccc(C(F)(F)F)cc1)C2. The smallest absolute Gasteiger partial charge is 0.348 e. The van der Waals surface area contributed by atoms with E-state index in [9.17, 15) is 18.0 Å². The molecule has 150 valence electrons. The normalized spacial score (nSPS) is 23.1. The number of fused-ring (bicyclic) bond motifs is 4. The first kappa shape index (κ1) is 19.0. The van der Waals surface area contributed by atoms with Crippen molar-refractivity contribution in [3.05, 3.63) is 53.1 Å². The molecule has 0 aliphatic carbocycles. The highest BCUT2D eigenvalue weighted by Crippen LogP contribution is 2.32. The molecule has 1 aromatic carbocycles. The Labute approximate surface area is 161 Å². The van der Waals surface area contributed by atoms with E-state index in [1.807, 2.05) is 11.8 Å². The Balaban J connectivity index is 1.48. The number of hydrogen-bond acceptors (Lipinski definition) is 3. The molecule has 2 aromatic rings. The number of alkyl halides is 3. The van der Waals surface area contributed by atoms with Gasteiger partial charge in [0.15, 0.2) is 0 Å². The fraction of sp³-hybridized carbons (Fsp3) is 0.500. The number of H-pyrrole nitrogens is 1. The fourth-order valence-electron chi connectivity index (χ4n) is 4.28. The summed E-state index contributed by atoms with van der Waals surface area (Å²) in [6, 6.07) is 4.61. The lowest BCUT2D eigenvalue weighted by Gasteiger charge is -2.36.